The smallest absolute Gasteiger partial charge is 0.176 e. The van der Waals surface area contributed by atoms with E-state index >= 15 is 0 Å². The summed E-state index contributed by atoms with van der Waals surface area (Å²) in [5.74, 6) is 0.156. The summed E-state index contributed by atoms with van der Waals surface area (Å²) in [5, 5.41) is 3.20. The van der Waals surface area contributed by atoms with Crippen LogP contribution in [0.2, 0.25) is 0 Å². The Morgan fingerprint density at radius 1 is 1.27 bits per heavy atom. The first-order valence-corrected chi connectivity index (χ1v) is 5.24. The van der Waals surface area contributed by atoms with Crippen LogP contribution in [0.25, 0.3) is 0 Å². The predicted octanol–water partition coefficient (Wildman–Crippen LogP) is 2.57. The van der Waals surface area contributed by atoms with E-state index in [4.69, 9.17) is 0 Å². The van der Waals surface area contributed by atoms with Crippen LogP contribution in [0.1, 0.15) is 36.7 Å². The average molecular weight is 205 g/mol. The molecule has 0 aliphatic heterocycles. The molecule has 15 heavy (non-hydrogen) atoms. The number of carbonyl (C=O) groups is 1. The number of carbonyl (C=O) groups excluding carboxylic acids is 1. The number of ketones is 1. The van der Waals surface area contributed by atoms with E-state index in [-0.39, 0.29) is 11.3 Å². The lowest BCUT2D eigenvalue weighted by molar-refractivity contribution is 0.0981. The number of nitrogens with one attached hydrogen (secondary N) is 1. The summed E-state index contributed by atoms with van der Waals surface area (Å²) in [4.78, 5) is 11.8. The maximum absolute atomic E-state index is 11.8. The Morgan fingerprint density at radius 2 is 1.87 bits per heavy atom. The van der Waals surface area contributed by atoms with Crippen LogP contribution in [0.15, 0.2) is 24.3 Å². The Kier molecular flexibility index (Phi) is 3.64. The number of benzene rings is 1. The van der Waals surface area contributed by atoms with Crippen LogP contribution in [0, 0.1) is 6.92 Å². The van der Waals surface area contributed by atoms with Crippen molar-refractivity contribution in [3.63, 3.8) is 0 Å². The summed E-state index contributed by atoms with van der Waals surface area (Å²) in [6, 6.07) is 7.69. The van der Waals surface area contributed by atoms with Gasteiger partial charge >= 0.3 is 0 Å². The van der Waals surface area contributed by atoms with Crippen LogP contribution in [0.5, 0.6) is 0 Å². The summed E-state index contributed by atoms with van der Waals surface area (Å²) < 4.78 is 0. The molecule has 0 saturated carbocycles. The van der Waals surface area contributed by atoms with E-state index in [2.05, 4.69) is 26.1 Å². The summed E-state index contributed by atoms with van der Waals surface area (Å²) >= 11 is 0. The van der Waals surface area contributed by atoms with E-state index in [1.165, 1.54) is 0 Å². The fraction of sp³-hybridized carbons (Fsp3) is 0.462. The minimum Gasteiger partial charge on any atom is -0.305 e. The quantitative estimate of drug-likeness (QED) is 0.768. The first-order chi connectivity index (χ1) is 6.90. The van der Waals surface area contributed by atoms with E-state index in [0.717, 1.165) is 11.1 Å². The monoisotopic (exact) mass is 205 g/mol. The molecule has 0 aromatic heterocycles. The van der Waals surface area contributed by atoms with Gasteiger partial charge in [-0.2, -0.15) is 0 Å². The molecule has 0 unspecified atom stereocenters. The van der Waals surface area contributed by atoms with E-state index in [1.54, 1.807) is 0 Å². The number of aryl methyl sites for hydroxylation is 1. The van der Waals surface area contributed by atoms with Crippen molar-refractivity contribution in [3.05, 3.63) is 35.4 Å². The van der Waals surface area contributed by atoms with Crippen molar-refractivity contribution in [2.45, 2.75) is 33.2 Å². The highest BCUT2D eigenvalue weighted by Crippen LogP contribution is 2.08. The van der Waals surface area contributed by atoms with Crippen molar-refractivity contribution in [3.8, 4) is 0 Å². The van der Waals surface area contributed by atoms with Gasteiger partial charge in [-0.3, -0.25) is 4.79 Å². The lowest BCUT2D eigenvalue weighted by Crippen LogP contribution is -2.39. The van der Waals surface area contributed by atoms with Gasteiger partial charge in [-0.15, -0.1) is 0 Å². The molecular formula is C13H19NO. The maximum Gasteiger partial charge on any atom is 0.176 e. The summed E-state index contributed by atoms with van der Waals surface area (Å²) in [6.45, 7) is 8.52. The van der Waals surface area contributed by atoms with E-state index in [0.29, 0.717) is 6.54 Å². The second-order valence-corrected chi connectivity index (χ2v) is 4.84. The molecule has 0 saturated heterocycles. The van der Waals surface area contributed by atoms with Gasteiger partial charge in [0.15, 0.2) is 5.78 Å². The first-order valence-electron chi connectivity index (χ1n) is 5.24. The zero-order valence-corrected chi connectivity index (χ0v) is 9.92. The standard InChI is InChI=1S/C13H19NO/c1-10-7-5-6-8-11(10)12(15)9-14-13(2,3)4/h5-8,14H,9H2,1-4H3. The number of hydrogen-bond acceptors (Lipinski definition) is 2. The largest absolute Gasteiger partial charge is 0.305 e. The van der Waals surface area contributed by atoms with Gasteiger partial charge in [0.05, 0.1) is 6.54 Å². The van der Waals surface area contributed by atoms with Crippen molar-refractivity contribution >= 4 is 5.78 Å². The molecule has 2 nitrogen and oxygen atoms in total. The summed E-state index contributed by atoms with van der Waals surface area (Å²) in [6.07, 6.45) is 0. The van der Waals surface area contributed by atoms with Crippen LogP contribution in [-0.4, -0.2) is 17.9 Å². The number of hydrogen-bond donors (Lipinski definition) is 1. The Hall–Kier alpha value is -1.15. The molecule has 82 valence electrons. The van der Waals surface area contributed by atoms with E-state index in [1.807, 2.05) is 31.2 Å². The van der Waals surface area contributed by atoms with Gasteiger partial charge in [-0.25, -0.2) is 0 Å². The molecule has 0 spiro atoms. The van der Waals surface area contributed by atoms with Crippen LogP contribution >= 0.6 is 0 Å². The molecule has 0 radical (unpaired) electrons. The number of Topliss-reactive ketones (excluding diaryl/α,β-unsaturated/α-hetero) is 1. The molecule has 1 aromatic rings. The van der Waals surface area contributed by atoms with Crippen LogP contribution in [0.4, 0.5) is 0 Å². The normalized spacial score (nSPS) is 11.5. The summed E-state index contributed by atoms with van der Waals surface area (Å²) in [7, 11) is 0. The first kappa shape index (κ1) is 11.9. The Labute approximate surface area is 91.7 Å². The van der Waals surface area contributed by atoms with Crippen LogP contribution in [-0.2, 0) is 0 Å². The molecule has 0 bridgehead atoms. The molecule has 0 aliphatic carbocycles. The van der Waals surface area contributed by atoms with E-state index < -0.39 is 0 Å². The fourth-order valence-electron chi connectivity index (χ4n) is 1.33. The molecular weight excluding hydrogens is 186 g/mol. The Morgan fingerprint density at radius 3 is 2.40 bits per heavy atom. The SMILES string of the molecule is Cc1ccccc1C(=O)CNC(C)(C)C. The van der Waals surface area contributed by atoms with Crippen molar-refractivity contribution < 1.29 is 4.79 Å². The highest BCUT2D eigenvalue weighted by atomic mass is 16.1. The Balaban J connectivity index is 2.66. The molecule has 1 rings (SSSR count). The predicted molar refractivity (Wildman–Crippen MR) is 63.3 cm³/mol. The van der Waals surface area contributed by atoms with Crippen LogP contribution in [0.3, 0.4) is 0 Å². The number of rotatable bonds is 3. The van der Waals surface area contributed by atoms with Crippen molar-refractivity contribution in [1.29, 1.82) is 0 Å². The van der Waals surface area contributed by atoms with Gasteiger partial charge < -0.3 is 5.32 Å². The lowest BCUT2D eigenvalue weighted by Gasteiger charge is -2.20. The molecule has 0 heterocycles. The fourth-order valence-corrected chi connectivity index (χ4v) is 1.33. The molecule has 1 N–H and O–H groups in total. The molecule has 2 heteroatoms. The second-order valence-electron chi connectivity index (χ2n) is 4.84. The van der Waals surface area contributed by atoms with Crippen LogP contribution < -0.4 is 5.32 Å². The topological polar surface area (TPSA) is 29.1 Å². The zero-order valence-electron chi connectivity index (χ0n) is 9.92. The second kappa shape index (κ2) is 4.58. The third kappa shape index (κ3) is 3.84. The average Bonchev–Trinajstić information content (AvgIpc) is 2.14. The molecule has 0 fully saturated rings. The van der Waals surface area contributed by atoms with E-state index in [9.17, 15) is 4.79 Å². The molecule has 0 amide bonds. The highest BCUT2D eigenvalue weighted by molar-refractivity contribution is 5.98. The highest BCUT2D eigenvalue weighted by Gasteiger charge is 2.13. The lowest BCUT2D eigenvalue weighted by atomic mass is 10.0. The Bertz CT molecular complexity index is 350. The molecule has 0 atom stereocenters. The minimum atomic E-state index is -0.0155. The maximum atomic E-state index is 11.8. The van der Waals surface area contributed by atoms with Gasteiger partial charge in [0.25, 0.3) is 0 Å². The van der Waals surface area contributed by atoms with Crippen molar-refractivity contribution in [2.75, 3.05) is 6.54 Å². The van der Waals surface area contributed by atoms with Gasteiger partial charge in [0.1, 0.15) is 0 Å². The summed E-state index contributed by atoms with van der Waals surface area (Å²) in [5.41, 5.74) is 1.84. The molecule has 1 aromatic carbocycles. The minimum absolute atomic E-state index is 0.0155. The third-order valence-electron chi connectivity index (χ3n) is 2.22. The van der Waals surface area contributed by atoms with Gasteiger partial charge in [0.2, 0.25) is 0 Å². The van der Waals surface area contributed by atoms with Gasteiger partial charge in [-0.05, 0) is 33.3 Å². The molecule has 0 aliphatic rings. The zero-order chi connectivity index (χ0) is 11.5. The van der Waals surface area contributed by atoms with Crippen molar-refractivity contribution in [2.24, 2.45) is 0 Å². The van der Waals surface area contributed by atoms with Crippen molar-refractivity contribution in [1.82, 2.24) is 5.32 Å². The van der Waals surface area contributed by atoms with Gasteiger partial charge in [0, 0.05) is 11.1 Å². The van der Waals surface area contributed by atoms with Gasteiger partial charge in [-0.1, -0.05) is 24.3 Å². The third-order valence-corrected chi connectivity index (χ3v) is 2.22.